The normalized spacial score (nSPS) is 11.0. The Kier molecular flexibility index (Phi) is 8.84. The van der Waals surface area contributed by atoms with E-state index in [2.05, 4.69) is 83.4 Å². The van der Waals surface area contributed by atoms with Crippen LogP contribution >= 0.6 is 0 Å². The van der Waals surface area contributed by atoms with Crippen molar-refractivity contribution in [3.63, 3.8) is 0 Å². The molecule has 5 aromatic rings. The number of aromatic nitrogens is 1. The van der Waals surface area contributed by atoms with Gasteiger partial charge in [-0.3, -0.25) is 0 Å². The van der Waals surface area contributed by atoms with E-state index in [1.165, 1.54) is 0 Å². The molecule has 0 saturated heterocycles. The molecule has 200 valence electrons. The van der Waals surface area contributed by atoms with E-state index in [1.807, 2.05) is 66.7 Å². The molecule has 4 aromatic carbocycles. The molecule has 0 saturated carbocycles. The lowest BCUT2D eigenvalue weighted by Crippen LogP contribution is -2.38. The number of hydrogen-bond donors (Lipinski definition) is 2. The van der Waals surface area contributed by atoms with Crippen LogP contribution in [0.5, 0.6) is 0 Å². The highest BCUT2D eigenvalue weighted by atomic mass is 16.5. The first kappa shape index (κ1) is 26.7. The Labute approximate surface area is 235 Å². The Morgan fingerprint density at radius 3 is 1.73 bits per heavy atom. The minimum atomic E-state index is -0.639. The van der Waals surface area contributed by atoms with Crippen LogP contribution < -0.4 is 10.6 Å². The van der Waals surface area contributed by atoms with Crippen LogP contribution in [0.4, 0.5) is 10.6 Å². The van der Waals surface area contributed by atoms with Crippen molar-refractivity contribution in [2.75, 3.05) is 11.9 Å². The molecule has 0 spiro atoms. The first-order valence-electron chi connectivity index (χ1n) is 13.6. The van der Waals surface area contributed by atoms with E-state index in [-0.39, 0.29) is 6.61 Å². The third kappa shape index (κ3) is 6.56. The molecule has 1 heterocycles. The summed E-state index contributed by atoms with van der Waals surface area (Å²) in [7, 11) is 0. The zero-order valence-electron chi connectivity index (χ0n) is 22.4. The van der Waals surface area contributed by atoms with Gasteiger partial charge in [0.1, 0.15) is 18.0 Å². The predicted octanol–water partition coefficient (Wildman–Crippen LogP) is 7.34. The second kappa shape index (κ2) is 13.3. The highest BCUT2D eigenvalue weighted by molar-refractivity contribution is 5.67. The third-order valence-corrected chi connectivity index (χ3v) is 6.83. The molecule has 5 rings (SSSR count). The molecule has 2 N–H and O–H groups in total. The van der Waals surface area contributed by atoms with Gasteiger partial charge >= 0.3 is 6.09 Å². The van der Waals surface area contributed by atoms with Gasteiger partial charge in [-0.15, -0.1) is 0 Å². The third-order valence-electron chi connectivity index (χ3n) is 6.83. The molecule has 0 fully saturated rings. The summed E-state index contributed by atoms with van der Waals surface area (Å²) < 4.78 is 5.30. The molecule has 5 heteroatoms. The maximum Gasteiger partial charge on any atom is 0.407 e. The molecule has 0 bridgehead atoms. The van der Waals surface area contributed by atoms with Gasteiger partial charge in [-0.05, 0) is 47.2 Å². The summed E-state index contributed by atoms with van der Waals surface area (Å²) in [5, 5.41) is 6.66. The number of nitrogens with zero attached hydrogens (tertiary/aromatic N) is 1. The molecule has 0 aliphatic heterocycles. The van der Waals surface area contributed by atoms with Crippen molar-refractivity contribution < 1.29 is 9.53 Å². The number of carbonyl (C=O) groups is 1. The number of alkyl carbamates (subject to hydrolysis) is 1. The molecule has 0 unspecified atom stereocenters. The second-order valence-electron chi connectivity index (χ2n) is 9.58. The maximum absolute atomic E-state index is 12.1. The topological polar surface area (TPSA) is 63.2 Å². The van der Waals surface area contributed by atoms with Gasteiger partial charge in [-0.25, -0.2) is 9.78 Å². The van der Waals surface area contributed by atoms with E-state index in [1.54, 1.807) is 0 Å². The van der Waals surface area contributed by atoms with Gasteiger partial charge in [0, 0.05) is 12.2 Å². The summed E-state index contributed by atoms with van der Waals surface area (Å²) in [6.07, 6.45) is 1.06. The van der Waals surface area contributed by atoms with Crippen molar-refractivity contribution in [3.05, 3.63) is 167 Å². The fraction of sp³-hybridized carbons (Fsp3) is 0.143. The molecular formula is C35H33N3O2. The van der Waals surface area contributed by atoms with Crippen molar-refractivity contribution in [1.29, 1.82) is 0 Å². The number of anilines is 1. The van der Waals surface area contributed by atoms with Gasteiger partial charge in [0.2, 0.25) is 0 Å². The minimum Gasteiger partial charge on any atom is -0.445 e. The van der Waals surface area contributed by atoms with Crippen LogP contribution in [0.1, 0.15) is 34.4 Å². The van der Waals surface area contributed by atoms with Gasteiger partial charge < -0.3 is 15.4 Å². The van der Waals surface area contributed by atoms with Crippen LogP contribution in [0.2, 0.25) is 0 Å². The summed E-state index contributed by atoms with van der Waals surface area (Å²) >= 11 is 0. The highest BCUT2D eigenvalue weighted by Crippen LogP contribution is 2.39. The molecule has 1 aromatic heterocycles. The second-order valence-corrected chi connectivity index (χ2v) is 9.58. The summed E-state index contributed by atoms with van der Waals surface area (Å²) in [6.45, 7) is 0.767. The minimum absolute atomic E-state index is 0.258. The van der Waals surface area contributed by atoms with Gasteiger partial charge in [0.25, 0.3) is 0 Å². The number of rotatable bonds is 11. The Bertz CT molecular complexity index is 1380. The number of nitrogens with one attached hydrogen (secondary N) is 2. The van der Waals surface area contributed by atoms with Crippen molar-refractivity contribution in [1.82, 2.24) is 10.3 Å². The van der Waals surface area contributed by atoms with E-state index in [4.69, 9.17) is 9.72 Å². The largest absolute Gasteiger partial charge is 0.445 e. The monoisotopic (exact) mass is 527 g/mol. The van der Waals surface area contributed by atoms with Crippen molar-refractivity contribution in [2.45, 2.75) is 25.0 Å². The Balaban J connectivity index is 1.30. The number of carbonyl (C=O) groups excluding carboxylic acids is 1. The van der Waals surface area contributed by atoms with E-state index in [0.717, 1.165) is 46.6 Å². The average Bonchev–Trinajstić information content (AvgIpc) is 3.03. The smallest absolute Gasteiger partial charge is 0.407 e. The van der Waals surface area contributed by atoms with Crippen LogP contribution in [0.25, 0.3) is 0 Å². The Hall–Kier alpha value is -4.90. The molecule has 40 heavy (non-hydrogen) atoms. The van der Waals surface area contributed by atoms with Crippen molar-refractivity contribution in [2.24, 2.45) is 0 Å². The molecule has 5 nitrogen and oxygen atoms in total. The van der Waals surface area contributed by atoms with Crippen molar-refractivity contribution in [3.8, 4) is 0 Å². The molecular weight excluding hydrogens is 494 g/mol. The van der Waals surface area contributed by atoms with Crippen LogP contribution in [-0.4, -0.2) is 17.6 Å². The SMILES string of the molecule is O=C(NCCCc1cccc(NC(c2ccccc2)(c2ccccc2)c2ccccc2)n1)OCc1ccccc1. The Morgan fingerprint density at radius 1 is 0.650 bits per heavy atom. The number of amides is 1. The van der Waals surface area contributed by atoms with E-state index in [9.17, 15) is 4.79 Å². The zero-order chi connectivity index (χ0) is 27.5. The summed E-state index contributed by atoms with van der Waals surface area (Å²) in [5.74, 6) is 0.782. The predicted molar refractivity (Wildman–Crippen MR) is 160 cm³/mol. The number of ether oxygens (including phenoxy) is 1. The fourth-order valence-electron chi connectivity index (χ4n) is 4.90. The number of hydrogen-bond acceptors (Lipinski definition) is 4. The number of benzene rings is 4. The summed E-state index contributed by atoms with van der Waals surface area (Å²) in [5.41, 5.74) is 4.64. The molecule has 0 atom stereocenters. The van der Waals surface area contributed by atoms with Crippen LogP contribution in [0.15, 0.2) is 140 Å². The van der Waals surface area contributed by atoms with Crippen LogP contribution in [0.3, 0.4) is 0 Å². The fourth-order valence-corrected chi connectivity index (χ4v) is 4.90. The number of pyridine rings is 1. The standard InChI is InChI=1S/C35H33N3O2/c39-34(40-27-28-15-5-1-6-16-28)36-26-14-24-32-23-13-25-33(37-32)38-35(29-17-7-2-8-18-29,30-19-9-3-10-20-30)31-21-11-4-12-22-31/h1-13,15-23,25H,14,24,26-27H2,(H,36,39)(H,37,38). The zero-order valence-corrected chi connectivity index (χ0v) is 22.4. The average molecular weight is 528 g/mol. The van der Waals surface area contributed by atoms with Crippen LogP contribution in [-0.2, 0) is 23.3 Å². The van der Waals surface area contributed by atoms with Gasteiger partial charge in [-0.2, -0.15) is 0 Å². The van der Waals surface area contributed by atoms with Gasteiger partial charge in [0.05, 0.1) is 0 Å². The lowest BCUT2D eigenvalue weighted by Gasteiger charge is -2.37. The lowest BCUT2D eigenvalue weighted by molar-refractivity contribution is 0.139. The molecule has 0 aliphatic carbocycles. The summed E-state index contributed by atoms with van der Waals surface area (Å²) in [6, 6.07) is 47.1. The van der Waals surface area contributed by atoms with Gasteiger partial charge in [-0.1, -0.05) is 127 Å². The molecule has 0 aliphatic rings. The molecule has 0 radical (unpaired) electrons. The van der Waals surface area contributed by atoms with Crippen LogP contribution in [0, 0.1) is 0 Å². The van der Waals surface area contributed by atoms with E-state index in [0.29, 0.717) is 6.54 Å². The van der Waals surface area contributed by atoms with Gasteiger partial charge in [0.15, 0.2) is 0 Å². The first-order chi connectivity index (χ1) is 19.7. The van der Waals surface area contributed by atoms with E-state index >= 15 is 0 Å². The number of aryl methyl sites for hydroxylation is 1. The quantitative estimate of drug-likeness (QED) is 0.139. The first-order valence-corrected chi connectivity index (χ1v) is 13.6. The van der Waals surface area contributed by atoms with E-state index < -0.39 is 11.6 Å². The Morgan fingerprint density at radius 2 is 1.18 bits per heavy atom. The van der Waals surface area contributed by atoms with Crippen molar-refractivity contribution >= 4 is 11.9 Å². The highest BCUT2D eigenvalue weighted by Gasteiger charge is 2.36. The molecule has 1 amide bonds. The maximum atomic E-state index is 12.1. The summed E-state index contributed by atoms with van der Waals surface area (Å²) in [4.78, 5) is 17.1. The lowest BCUT2D eigenvalue weighted by atomic mass is 9.77.